The second-order valence-corrected chi connectivity index (χ2v) is 1.52. The van der Waals surface area contributed by atoms with E-state index in [1.165, 1.54) is 24.3 Å². The normalized spacial score (nSPS) is 7.80. The van der Waals surface area contributed by atoms with Crippen molar-refractivity contribution in [2.45, 2.75) is 0 Å². The fourth-order valence-electron chi connectivity index (χ4n) is 0.453. The monoisotopic (exact) mass is 142 g/mol. The van der Waals surface area contributed by atoms with E-state index in [0.717, 1.165) is 7.11 Å². The van der Waals surface area contributed by atoms with Gasteiger partial charge in [0.2, 0.25) is 0 Å². The fourth-order valence-corrected chi connectivity index (χ4v) is 0.453. The zero-order valence-corrected chi connectivity index (χ0v) is 5.65. The number of aliphatic hydroxyl groups excluding tert-OH is 1. The molecule has 0 unspecified atom stereocenters. The van der Waals surface area contributed by atoms with Crippen LogP contribution in [-0.2, 0) is 0 Å². The van der Waals surface area contributed by atoms with Gasteiger partial charge in [-0.15, -0.1) is 0 Å². The molecule has 0 atom stereocenters. The van der Waals surface area contributed by atoms with Gasteiger partial charge in [0.25, 0.3) is 0 Å². The van der Waals surface area contributed by atoms with Crippen molar-refractivity contribution in [3.63, 3.8) is 0 Å². The largest absolute Gasteiger partial charge is 0.508 e. The van der Waals surface area contributed by atoms with Crippen molar-refractivity contribution in [1.82, 2.24) is 0 Å². The molecule has 0 bridgehead atoms. The maximum Gasteiger partial charge on any atom is 0.115 e. The zero-order chi connectivity index (χ0) is 7.98. The van der Waals surface area contributed by atoms with Crippen molar-refractivity contribution in [3.8, 4) is 11.5 Å². The summed E-state index contributed by atoms with van der Waals surface area (Å²) < 4.78 is 0. The van der Waals surface area contributed by atoms with Crippen LogP contribution in [-0.4, -0.2) is 22.4 Å². The Morgan fingerprint density at radius 3 is 1.20 bits per heavy atom. The topological polar surface area (TPSA) is 60.7 Å². The average Bonchev–Trinajstić information content (AvgIpc) is 2.00. The molecule has 1 aromatic rings. The Hall–Kier alpha value is -1.22. The minimum Gasteiger partial charge on any atom is -0.508 e. The van der Waals surface area contributed by atoms with Gasteiger partial charge in [0, 0.05) is 7.11 Å². The first-order chi connectivity index (χ1) is 4.79. The van der Waals surface area contributed by atoms with Gasteiger partial charge in [0.1, 0.15) is 11.5 Å². The summed E-state index contributed by atoms with van der Waals surface area (Å²) in [6.45, 7) is 0. The highest BCUT2D eigenvalue weighted by molar-refractivity contribution is 5.28. The van der Waals surface area contributed by atoms with Crippen LogP contribution in [0.1, 0.15) is 0 Å². The van der Waals surface area contributed by atoms with Crippen LogP contribution >= 0.6 is 0 Å². The molecule has 0 aromatic heterocycles. The van der Waals surface area contributed by atoms with Crippen molar-refractivity contribution in [2.24, 2.45) is 0 Å². The predicted molar refractivity (Wildman–Crippen MR) is 37.9 cm³/mol. The molecular formula is C7H10O3. The first kappa shape index (κ1) is 8.78. The van der Waals surface area contributed by atoms with Crippen LogP contribution in [0, 0.1) is 0 Å². The zero-order valence-electron chi connectivity index (χ0n) is 5.65. The molecular weight excluding hydrogens is 132 g/mol. The highest BCUT2D eigenvalue weighted by atomic mass is 16.3. The second-order valence-electron chi connectivity index (χ2n) is 1.52. The third kappa shape index (κ3) is 2.94. The molecule has 0 aliphatic heterocycles. The Morgan fingerprint density at radius 1 is 0.800 bits per heavy atom. The first-order valence-corrected chi connectivity index (χ1v) is 2.72. The van der Waals surface area contributed by atoms with Crippen molar-refractivity contribution in [2.75, 3.05) is 7.11 Å². The van der Waals surface area contributed by atoms with Crippen LogP contribution in [0.4, 0.5) is 0 Å². The van der Waals surface area contributed by atoms with E-state index in [2.05, 4.69) is 0 Å². The van der Waals surface area contributed by atoms with Crippen LogP contribution in [0.5, 0.6) is 11.5 Å². The number of aromatic hydroxyl groups is 2. The summed E-state index contributed by atoms with van der Waals surface area (Å²) in [6.07, 6.45) is 0. The molecule has 1 rings (SSSR count). The number of rotatable bonds is 0. The third-order valence-corrected chi connectivity index (χ3v) is 0.850. The van der Waals surface area contributed by atoms with E-state index in [0.29, 0.717) is 0 Å². The van der Waals surface area contributed by atoms with Crippen molar-refractivity contribution in [1.29, 1.82) is 0 Å². The van der Waals surface area contributed by atoms with Crippen LogP contribution in [0.2, 0.25) is 0 Å². The van der Waals surface area contributed by atoms with Crippen LogP contribution < -0.4 is 0 Å². The van der Waals surface area contributed by atoms with Crippen LogP contribution in [0.3, 0.4) is 0 Å². The van der Waals surface area contributed by atoms with E-state index in [9.17, 15) is 0 Å². The first-order valence-electron chi connectivity index (χ1n) is 2.72. The van der Waals surface area contributed by atoms with Crippen LogP contribution in [0.15, 0.2) is 24.3 Å². The Labute approximate surface area is 59.2 Å². The van der Waals surface area contributed by atoms with E-state index < -0.39 is 0 Å². The Kier molecular flexibility index (Phi) is 4.07. The summed E-state index contributed by atoms with van der Waals surface area (Å²) >= 11 is 0. The molecule has 3 N–H and O–H groups in total. The summed E-state index contributed by atoms with van der Waals surface area (Å²) in [5, 5.41) is 24.3. The minimum absolute atomic E-state index is 0.169. The molecule has 0 spiro atoms. The molecule has 1 aromatic carbocycles. The standard InChI is InChI=1S/C6H6O2.CH4O/c7-5-1-2-6(8)4-3-5;1-2/h1-4,7-8H;2H,1H3. The third-order valence-electron chi connectivity index (χ3n) is 0.850. The Balaban J connectivity index is 0.000000371. The lowest BCUT2D eigenvalue weighted by atomic mass is 10.3. The number of aliphatic hydroxyl groups is 1. The molecule has 0 aliphatic rings. The second kappa shape index (κ2) is 4.64. The van der Waals surface area contributed by atoms with Gasteiger partial charge in [0.15, 0.2) is 0 Å². The molecule has 0 amide bonds. The number of phenols is 2. The van der Waals surface area contributed by atoms with Gasteiger partial charge in [-0.3, -0.25) is 0 Å². The van der Waals surface area contributed by atoms with Gasteiger partial charge in [0.05, 0.1) is 0 Å². The minimum atomic E-state index is 0.169. The predicted octanol–water partition coefficient (Wildman–Crippen LogP) is 0.706. The quantitative estimate of drug-likeness (QED) is 0.467. The maximum atomic E-state index is 8.65. The van der Waals surface area contributed by atoms with Gasteiger partial charge >= 0.3 is 0 Å². The maximum absolute atomic E-state index is 8.65. The average molecular weight is 142 g/mol. The van der Waals surface area contributed by atoms with E-state index in [-0.39, 0.29) is 11.5 Å². The van der Waals surface area contributed by atoms with Gasteiger partial charge in [-0.05, 0) is 24.3 Å². The van der Waals surface area contributed by atoms with Crippen molar-refractivity contribution >= 4 is 0 Å². The molecule has 0 saturated carbocycles. The summed E-state index contributed by atoms with van der Waals surface area (Å²) in [6, 6.07) is 5.70. The number of phenolic OH excluding ortho intramolecular Hbond substituents is 2. The SMILES string of the molecule is CO.Oc1ccc(O)cc1. The number of hydrogen-bond donors (Lipinski definition) is 3. The van der Waals surface area contributed by atoms with Gasteiger partial charge in [-0.2, -0.15) is 0 Å². The molecule has 10 heavy (non-hydrogen) atoms. The number of benzene rings is 1. The summed E-state index contributed by atoms with van der Waals surface area (Å²) in [5.74, 6) is 0.339. The number of hydrogen-bond acceptors (Lipinski definition) is 3. The van der Waals surface area contributed by atoms with E-state index in [4.69, 9.17) is 15.3 Å². The summed E-state index contributed by atoms with van der Waals surface area (Å²) in [7, 11) is 1.00. The van der Waals surface area contributed by atoms with E-state index >= 15 is 0 Å². The molecule has 0 heterocycles. The van der Waals surface area contributed by atoms with Gasteiger partial charge in [-0.1, -0.05) is 0 Å². The lowest BCUT2D eigenvalue weighted by Gasteiger charge is -1.88. The molecule has 0 fully saturated rings. The van der Waals surface area contributed by atoms with Crippen LogP contribution in [0.25, 0.3) is 0 Å². The fraction of sp³-hybridized carbons (Fsp3) is 0.143. The molecule has 0 saturated heterocycles. The summed E-state index contributed by atoms with van der Waals surface area (Å²) in [5.41, 5.74) is 0. The molecule has 56 valence electrons. The molecule has 3 nitrogen and oxygen atoms in total. The van der Waals surface area contributed by atoms with Gasteiger partial charge in [-0.25, -0.2) is 0 Å². The van der Waals surface area contributed by atoms with E-state index in [1.54, 1.807) is 0 Å². The Morgan fingerprint density at radius 2 is 1.00 bits per heavy atom. The Bertz CT molecular complexity index is 148. The smallest absolute Gasteiger partial charge is 0.115 e. The summed E-state index contributed by atoms with van der Waals surface area (Å²) in [4.78, 5) is 0. The lowest BCUT2D eigenvalue weighted by Crippen LogP contribution is -1.61. The molecule has 0 aliphatic carbocycles. The highest BCUT2D eigenvalue weighted by Crippen LogP contribution is 2.13. The highest BCUT2D eigenvalue weighted by Gasteiger charge is 1.84. The lowest BCUT2D eigenvalue weighted by molar-refractivity contribution is 0.399. The van der Waals surface area contributed by atoms with Crippen molar-refractivity contribution < 1.29 is 15.3 Å². The van der Waals surface area contributed by atoms with Gasteiger partial charge < -0.3 is 15.3 Å². The molecule has 3 heteroatoms. The molecule has 0 radical (unpaired) electrons. The van der Waals surface area contributed by atoms with E-state index in [1.807, 2.05) is 0 Å². The van der Waals surface area contributed by atoms with Crippen molar-refractivity contribution in [3.05, 3.63) is 24.3 Å².